The van der Waals surface area contributed by atoms with Crippen LogP contribution in [0.5, 0.6) is 17.2 Å². The van der Waals surface area contributed by atoms with Crippen molar-refractivity contribution >= 4 is 0 Å². The molecule has 1 aromatic carbocycles. The second kappa shape index (κ2) is 7.99. The molecule has 0 unspecified atom stereocenters. The van der Waals surface area contributed by atoms with E-state index < -0.39 is 0 Å². The normalized spacial score (nSPS) is 34.4. The first-order valence-electron chi connectivity index (χ1n) is 11.4. The summed E-state index contributed by atoms with van der Waals surface area (Å²) in [5.41, 5.74) is 1.22. The lowest BCUT2D eigenvalue weighted by Gasteiger charge is -2.58. The molecule has 1 aliphatic heterocycles. The summed E-state index contributed by atoms with van der Waals surface area (Å²) in [6, 6.07) is 5.06. The molecule has 0 radical (unpaired) electrons. The lowest BCUT2D eigenvalue weighted by molar-refractivity contribution is -0.0769. The van der Waals surface area contributed by atoms with Gasteiger partial charge in [-0.05, 0) is 73.5 Å². The van der Waals surface area contributed by atoms with E-state index in [2.05, 4.69) is 21.9 Å². The minimum Gasteiger partial charge on any atom is -0.493 e. The minimum absolute atomic E-state index is 0.672. The van der Waals surface area contributed by atoms with Crippen LogP contribution in [-0.2, 0) is 6.54 Å². The number of benzene rings is 1. The zero-order valence-corrected chi connectivity index (χ0v) is 18.2. The molecule has 6 rings (SSSR count). The quantitative estimate of drug-likeness (QED) is 0.728. The number of ether oxygens (including phenoxy) is 3. The van der Waals surface area contributed by atoms with Gasteiger partial charge in [-0.25, -0.2) is 0 Å². The first-order valence-corrected chi connectivity index (χ1v) is 11.4. The van der Waals surface area contributed by atoms with Crippen molar-refractivity contribution in [3.63, 3.8) is 0 Å². The van der Waals surface area contributed by atoms with Crippen LogP contribution in [0.25, 0.3) is 0 Å². The Morgan fingerprint density at radius 1 is 0.759 bits per heavy atom. The standard InChI is InChI=1S/C24H36N2O3/c1-27-21-13-18(14-22(28-2)24(21)29-3)15-25-4-6-26(7-5-25)23-19-9-16-8-17(11-19)12-20(23)10-16/h13-14,16-17,19-20,23H,4-12,15H2,1-3H3. The maximum Gasteiger partial charge on any atom is 0.203 e. The molecule has 1 aromatic rings. The summed E-state index contributed by atoms with van der Waals surface area (Å²) in [4.78, 5) is 5.44. The highest BCUT2D eigenvalue weighted by molar-refractivity contribution is 5.53. The molecular weight excluding hydrogens is 364 g/mol. The number of nitrogens with zero attached hydrogens (tertiary/aromatic N) is 2. The van der Waals surface area contributed by atoms with Gasteiger partial charge in [0.2, 0.25) is 5.75 Å². The van der Waals surface area contributed by atoms with Crippen molar-refractivity contribution in [3.8, 4) is 17.2 Å². The molecule has 4 bridgehead atoms. The average Bonchev–Trinajstić information content (AvgIpc) is 2.73. The van der Waals surface area contributed by atoms with Gasteiger partial charge in [-0.2, -0.15) is 0 Å². The Bertz CT molecular complexity index is 676. The van der Waals surface area contributed by atoms with E-state index in [1.165, 1.54) is 44.3 Å². The van der Waals surface area contributed by atoms with E-state index in [0.29, 0.717) is 5.75 Å². The van der Waals surface area contributed by atoms with E-state index in [1.807, 2.05) is 0 Å². The molecule has 1 saturated heterocycles. The number of piperazine rings is 1. The lowest BCUT2D eigenvalue weighted by atomic mass is 9.54. The van der Waals surface area contributed by atoms with Crippen LogP contribution in [0.1, 0.15) is 37.7 Å². The Morgan fingerprint density at radius 3 is 1.79 bits per heavy atom. The molecule has 0 amide bonds. The highest BCUT2D eigenvalue weighted by Gasteiger charge is 2.50. The Kier molecular flexibility index (Phi) is 5.37. The van der Waals surface area contributed by atoms with Gasteiger partial charge in [-0.1, -0.05) is 0 Å². The van der Waals surface area contributed by atoms with Gasteiger partial charge < -0.3 is 14.2 Å². The van der Waals surface area contributed by atoms with Gasteiger partial charge in [-0.3, -0.25) is 9.80 Å². The Hall–Kier alpha value is -1.46. The smallest absolute Gasteiger partial charge is 0.203 e. The van der Waals surface area contributed by atoms with E-state index in [4.69, 9.17) is 14.2 Å². The van der Waals surface area contributed by atoms with Crippen molar-refractivity contribution in [2.75, 3.05) is 47.5 Å². The van der Waals surface area contributed by atoms with Gasteiger partial charge >= 0.3 is 0 Å². The van der Waals surface area contributed by atoms with E-state index in [0.717, 1.165) is 60.8 Å². The summed E-state index contributed by atoms with van der Waals surface area (Å²) >= 11 is 0. The first-order chi connectivity index (χ1) is 14.2. The fraction of sp³-hybridized carbons (Fsp3) is 0.750. The molecule has 29 heavy (non-hydrogen) atoms. The van der Waals surface area contributed by atoms with Crippen LogP contribution in [0.3, 0.4) is 0 Å². The maximum absolute atomic E-state index is 5.53. The predicted molar refractivity (Wildman–Crippen MR) is 114 cm³/mol. The minimum atomic E-state index is 0.672. The Morgan fingerprint density at radius 2 is 1.31 bits per heavy atom. The number of rotatable bonds is 6. The molecule has 160 valence electrons. The number of hydrogen-bond donors (Lipinski definition) is 0. The largest absolute Gasteiger partial charge is 0.493 e. The monoisotopic (exact) mass is 400 g/mol. The van der Waals surface area contributed by atoms with Crippen molar-refractivity contribution in [1.82, 2.24) is 9.80 Å². The summed E-state index contributed by atoms with van der Waals surface area (Å²) in [6.07, 6.45) is 7.61. The Labute approximate surface area is 175 Å². The van der Waals surface area contributed by atoms with Crippen LogP contribution in [0.4, 0.5) is 0 Å². The van der Waals surface area contributed by atoms with Crippen LogP contribution in [0, 0.1) is 23.7 Å². The van der Waals surface area contributed by atoms with Gasteiger partial charge in [0.05, 0.1) is 21.3 Å². The van der Waals surface area contributed by atoms with Gasteiger partial charge in [-0.15, -0.1) is 0 Å². The van der Waals surface area contributed by atoms with Crippen molar-refractivity contribution < 1.29 is 14.2 Å². The number of methoxy groups -OCH3 is 3. The lowest BCUT2D eigenvalue weighted by Crippen LogP contribution is -2.60. The van der Waals surface area contributed by atoms with E-state index in [1.54, 1.807) is 27.8 Å². The number of hydrogen-bond acceptors (Lipinski definition) is 5. The van der Waals surface area contributed by atoms with E-state index in [-0.39, 0.29) is 0 Å². The van der Waals surface area contributed by atoms with Crippen molar-refractivity contribution in [2.45, 2.75) is 44.7 Å². The summed E-state index contributed by atoms with van der Waals surface area (Å²) < 4.78 is 16.5. The highest BCUT2D eigenvalue weighted by atomic mass is 16.5. The summed E-state index contributed by atoms with van der Waals surface area (Å²) in [7, 11) is 5.03. The molecule has 0 atom stereocenters. The fourth-order valence-electron chi connectivity index (χ4n) is 7.20. The second-order valence-corrected chi connectivity index (χ2v) is 9.77. The van der Waals surface area contributed by atoms with Crippen molar-refractivity contribution in [3.05, 3.63) is 17.7 Å². The van der Waals surface area contributed by atoms with Gasteiger partial charge in [0.1, 0.15) is 0 Å². The third kappa shape index (κ3) is 3.61. The van der Waals surface area contributed by atoms with E-state index >= 15 is 0 Å². The van der Waals surface area contributed by atoms with Crippen LogP contribution in [0.15, 0.2) is 12.1 Å². The third-order valence-corrected chi connectivity index (χ3v) is 8.14. The zero-order valence-electron chi connectivity index (χ0n) is 18.2. The molecule has 5 aliphatic rings. The second-order valence-electron chi connectivity index (χ2n) is 9.77. The fourth-order valence-corrected chi connectivity index (χ4v) is 7.20. The molecule has 4 saturated carbocycles. The van der Waals surface area contributed by atoms with Gasteiger partial charge in [0.25, 0.3) is 0 Å². The van der Waals surface area contributed by atoms with Crippen LogP contribution in [0.2, 0.25) is 0 Å². The average molecular weight is 401 g/mol. The van der Waals surface area contributed by atoms with Crippen molar-refractivity contribution in [1.29, 1.82) is 0 Å². The molecular formula is C24H36N2O3. The molecule has 5 nitrogen and oxygen atoms in total. The summed E-state index contributed by atoms with van der Waals surface area (Å²) in [5.74, 6) is 6.28. The van der Waals surface area contributed by atoms with Crippen LogP contribution in [-0.4, -0.2) is 63.4 Å². The Balaban J connectivity index is 1.22. The zero-order chi connectivity index (χ0) is 20.0. The molecule has 1 heterocycles. The van der Waals surface area contributed by atoms with Gasteiger partial charge in [0.15, 0.2) is 11.5 Å². The molecule has 0 N–H and O–H groups in total. The molecule has 5 heteroatoms. The van der Waals surface area contributed by atoms with Gasteiger partial charge in [0, 0.05) is 38.8 Å². The van der Waals surface area contributed by atoms with Crippen molar-refractivity contribution in [2.24, 2.45) is 23.7 Å². The molecule has 0 aromatic heterocycles. The topological polar surface area (TPSA) is 34.2 Å². The maximum atomic E-state index is 5.53. The van der Waals surface area contributed by atoms with Crippen LogP contribution >= 0.6 is 0 Å². The summed E-state index contributed by atoms with van der Waals surface area (Å²) in [5, 5.41) is 0. The summed E-state index contributed by atoms with van der Waals surface area (Å²) in [6.45, 7) is 5.68. The predicted octanol–water partition coefficient (Wildman–Crippen LogP) is 3.65. The van der Waals surface area contributed by atoms with E-state index in [9.17, 15) is 0 Å². The highest BCUT2D eigenvalue weighted by Crippen LogP contribution is 2.55. The molecule has 4 aliphatic carbocycles. The third-order valence-electron chi connectivity index (χ3n) is 8.14. The molecule has 0 spiro atoms. The molecule has 5 fully saturated rings. The van der Waals surface area contributed by atoms with Crippen LogP contribution < -0.4 is 14.2 Å². The SMILES string of the molecule is COc1cc(CN2CCN(C3C4CC5CC(C4)CC3C5)CC2)cc(OC)c1OC. The first kappa shape index (κ1) is 19.5.